The summed E-state index contributed by atoms with van der Waals surface area (Å²) in [6.07, 6.45) is 0. The van der Waals surface area contributed by atoms with Crippen LogP contribution in [0.3, 0.4) is 0 Å². The number of rotatable bonds is 5. The zero-order valence-electron chi connectivity index (χ0n) is 33.3. The second-order valence-electron chi connectivity index (χ2n) is 16.0. The van der Waals surface area contributed by atoms with E-state index in [9.17, 15) is 0 Å². The molecule has 0 saturated heterocycles. The van der Waals surface area contributed by atoms with Crippen LogP contribution >= 0.6 is 11.3 Å². The van der Waals surface area contributed by atoms with E-state index in [2.05, 4.69) is 193 Å². The van der Waals surface area contributed by atoms with Gasteiger partial charge in [-0.05, 0) is 86.6 Å². The van der Waals surface area contributed by atoms with Crippen LogP contribution in [0.15, 0.2) is 206 Å². The molecule has 288 valence electrons. The predicted molar refractivity (Wildman–Crippen MR) is 261 cm³/mol. The third kappa shape index (κ3) is 5.49. The van der Waals surface area contributed by atoms with Gasteiger partial charge in [-0.25, -0.2) is 15.0 Å². The normalized spacial score (nSPS) is 11.9. The molecule has 0 N–H and O–H groups in total. The quantitative estimate of drug-likeness (QED) is 0.174. The van der Waals surface area contributed by atoms with Gasteiger partial charge in [0.1, 0.15) is 0 Å². The van der Waals surface area contributed by atoms with Crippen LogP contribution in [0.2, 0.25) is 0 Å². The summed E-state index contributed by atoms with van der Waals surface area (Å²) >= 11 is 1.80. The molecule has 0 aliphatic carbocycles. The molecule has 4 nitrogen and oxygen atoms in total. The molecule has 0 bridgehead atoms. The Labute approximate surface area is 360 Å². The standard InChI is InChI=1S/C57H34N4S/c1-3-13-35(14-4-1)40-23-26-43-47(31-40)46(28-30-49(43)61-50-29-25-36-15-9-10-20-42(36)54(50)48-32-38-18-7-8-19-39(38)33-51(48)61)57-59-55(37-16-5-2-6-17-37)58-56(60-57)41-24-27-45-44-21-11-12-22-52(44)62-53(45)34-41/h1-34H. The van der Waals surface area contributed by atoms with Gasteiger partial charge in [0, 0.05) is 53.0 Å². The SMILES string of the molecule is c1ccc(-c2ccc3c(-n4c5cc6ccccc6cc5c5c6ccccc6ccc54)ccc(-c4nc(-c5ccccc5)nc(-c5ccc6c(c5)sc5ccccc56)n4)c3c2)cc1. The molecule has 5 heteroatoms. The second-order valence-corrected chi connectivity index (χ2v) is 17.1. The van der Waals surface area contributed by atoms with E-state index in [0.29, 0.717) is 17.5 Å². The third-order valence-electron chi connectivity index (χ3n) is 12.4. The fourth-order valence-electron chi connectivity index (χ4n) is 9.47. The van der Waals surface area contributed by atoms with Gasteiger partial charge in [-0.3, -0.25) is 0 Å². The Morgan fingerprint density at radius 3 is 1.77 bits per heavy atom. The molecule has 3 heterocycles. The highest BCUT2D eigenvalue weighted by molar-refractivity contribution is 7.25. The molecule has 13 aromatic rings. The summed E-state index contributed by atoms with van der Waals surface area (Å²) in [6, 6.07) is 74.1. The molecule has 10 aromatic carbocycles. The monoisotopic (exact) mass is 806 g/mol. The molecule has 3 aromatic heterocycles. The van der Waals surface area contributed by atoms with Crippen LogP contribution < -0.4 is 0 Å². The topological polar surface area (TPSA) is 43.6 Å². The van der Waals surface area contributed by atoms with Gasteiger partial charge in [-0.1, -0.05) is 158 Å². The van der Waals surface area contributed by atoms with Crippen molar-refractivity contribution in [3.63, 3.8) is 0 Å². The average Bonchev–Trinajstić information content (AvgIpc) is 3.88. The van der Waals surface area contributed by atoms with E-state index in [1.807, 2.05) is 18.2 Å². The highest BCUT2D eigenvalue weighted by Gasteiger charge is 2.21. The van der Waals surface area contributed by atoms with Crippen LogP contribution in [0, 0.1) is 0 Å². The number of aromatic nitrogens is 4. The van der Waals surface area contributed by atoms with E-state index in [1.165, 1.54) is 63.5 Å². The molecule has 0 saturated carbocycles. The van der Waals surface area contributed by atoms with Crippen LogP contribution in [0.1, 0.15) is 0 Å². The van der Waals surface area contributed by atoms with Gasteiger partial charge < -0.3 is 4.57 Å². The number of nitrogens with zero attached hydrogens (tertiary/aromatic N) is 4. The first-order valence-electron chi connectivity index (χ1n) is 20.9. The summed E-state index contributed by atoms with van der Waals surface area (Å²) in [6.45, 7) is 0. The second kappa shape index (κ2) is 13.8. The molecule has 0 amide bonds. The molecule has 0 spiro atoms. The fraction of sp³-hybridized carbons (Fsp3) is 0. The summed E-state index contributed by atoms with van der Waals surface area (Å²) in [5, 5.41) is 12.1. The molecule has 0 unspecified atom stereocenters. The smallest absolute Gasteiger partial charge is 0.164 e. The van der Waals surface area contributed by atoms with Crippen LogP contribution in [0.5, 0.6) is 0 Å². The number of fused-ring (bicyclic) bond motifs is 10. The average molecular weight is 807 g/mol. The minimum atomic E-state index is 0.631. The van der Waals surface area contributed by atoms with Crippen molar-refractivity contribution in [2.75, 3.05) is 0 Å². The van der Waals surface area contributed by atoms with E-state index >= 15 is 0 Å². The number of benzene rings is 10. The largest absolute Gasteiger partial charge is 0.309 e. The lowest BCUT2D eigenvalue weighted by Crippen LogP contribution is -2.02. The van der Waals surface area contributed by atoms with Gasteiger partial charge >= 0.3 is 0 Å². The molecule has 62 heavy (non-hydrogen) atoms. The maximum absolute atomic E-state index is 5.35. The van der Waals surface area contributed by atoms with E-state index in [-0.39, 0.29) is 0 Å². The summed E-state index contributed by atoms with van der Waals surface area (Å²) in [5.41, 5.74) is 8.56. The highest BCUT2D eigenvalue weighted by atomic mass is 32.1. The van der Waals surface area contributed by atoms with Gasteiger partial charge in [0.2, 0.25) is 0 Å². The van der Waals surface area contributed by atoms with Gasteiger partial charge in [0.25, 0.3) is 0 Å². The van der Waals surface area contributed by atoms with Crippen molar-refractivity contribution in [3.8, 4) is 51.0 Å². The summed E-state index contributed by atoms with van der Waals surface area (Å²) in [5.74, 6) is 1.91. The van der Waals surface area contributed by atoms with E-state index in [0.717, 1.165) is 44.3 Å². The van der Waals surface area contributed by atoms with Gasteiger partial charge in [0.05, 0.1) is 16.7 Å². The van der Waals surface area contributed by atoms with Gasteiger partial charge in [0.15, 0.2) is 17.5 Å². The fourth-order valence-corrected chi connectivity index (χ4v) is 10.6. The molecule has 0 atom stereocenters. The van der Waals surface area contributed by atoms with Gasteiger partial charge in [-0.15, -0.1) is 11.3 Å². The molecule has 0 radical (unpaired) electrons. The maximum atomic E-state index is 5.35. The van der Waals surface area contributed by atoms with Crippen molar-refractivity contribution in [3.05, 3.63) is 206 Å². The number of hydrogen-bond acceptors (Lipinski definition) is 4. The van der Waals surface area contributed by atoms with Crippen molar-refractivity contribution in [2.24, 2.45) is 0 Å². The van der Waals surface area contributed by atoms with E-state index in [4.69, 9.17) is 15.0 Å². The summed E-state index contributed by atoms with van der Waals surface area (Å²) in [4.78, 5) is 15.8. The first-order chi connectivity index (χ1) is 30.7. The molecule has 0 aliphatic heterocycles. The van der Waals surface area contributed by atoms with Crippen molar-refractivity contribution < 1.29 is 0 Å². The molecule has 0 fully saturated rings. The predicted octanol–water partition coefficient (Wildman–Crippen LogP) is 15.5. The molecular formula is C57H34N4S. The lowest BCUT2D eigenvalue weighted by molar-refractivity contribution is 1.08. The Hall–Kier alpha value is -7.99. The summed E-state index contributed by atoms with van der Waals surface area (Å²) < 4.78 is 4.94. The first kappa shape index (κ1) is 34.8. The van der Waals surface area contributed by atoms with Crippen molar-refractivity contribution in [2.45, 2.75) is 0 Å². The number of hydrogen-bond donors (Lipinski definition) is 0. The van der Waals surface area contributed by atoms with E-state index < -0.39 is 0 Å². The van der Waals surface area contributed by atoms with Gasteiger partial charge in [-0.2, -0.15) is 0 Å². The van der Waals surface area contributed by atoms with Crippen molar-refractivity contribution >= 4 is 85.6 Å². The third-order valence-corrected chi connectivity index (χ3v) is 13.5. The zero-order chi connectivity index (χ0) is 40.7. The Kier molecular flexibility index (Phi) is 7.74. The molecule has 0 aliphatic rings. The summed E-state index contributed by atoms with van der Waals surface area (Å²) in [7, 11) is 0. The minimum absolute atomic E-state index is 0.631. The van der Waals surface area contributed by atoms with Crippen LogP contribution in [0.25, 0.3) is 125 Å². The maximum Gasteiger partial charge on any atom is 0.164 e. The Balaban J connectivity index is 1.10. The van der Waals surface area contributed by atoms with Crippen LogP contribution in [0.4, 0.5) is 0 Å². The highest BCUT2D eigenvalue weighted by Crippen LogP contribution is 2.43. The minimum Gasteiger partial charge on any atom is -0.309 e. The zero-order valence-corrected chi connectivity index (χ0v) is 34.1. The van der Waals surface area contributed by atoms with Crippen molar-refractivity contribution in [1.29, 1.82) is 0 Å². The lowest BCUT2D eigenvalue weighted by atomic mass is 9.96. The Morgan fingerprint density at radius 2 is 0.952 bits per heavy atom. The van der Waals surface area contributed by atoms with E-state index in [1.54, 1.807) is 11.3 Å². The lowest BCUT2D eigenvalue weighted by Gasteiger charge is -2.16. The molecular weight excluding hydrogens is 773 g/mol. The Bertz CT molecular complexity index is 3920. The molecule has 13 rings (SSSR count). The van der Waals surface area contributed by atoms with Crippen LogP contribution in [-0.4, -0.2) is 19.5 Å². The van der Waals surface area contributed by atoms with Crippen molar-refractivity contribution in [1.82, 2.24) is 19.5 Å². The number of thiophene rings is 1. The first-order valence-corrected chi connectivity index (χ1v) is 21.7. The Morgan fingerprint density at radius 1 is 0.323 bits per heavy atom. The van der Waals surface area contributed by atoms with Crippen LogP contribution in [-0.2, 0) is 0 Å².